The molecule has 0 aliphatic heterocycles. The minimum absolute atomic E-state index is 0.0134. The first-order chi connectivity index (χ1) is 8.61. The lowest BCUT2D eigenvalue weighted by atomic mass is 9.99. The summed E-state index contributed by atoms with van der Waals surface area (Å²) >= 11 is 5.18. The predicted molar refractivity (Wildman–Crippen MR) is 80.4 cm³/mol. The summed E-state index contributed by atoms with van der Waals surface area (Å²) < 4.78 is 6.42. The summed E-state index contributed by atoms with van der Waals surface area (Å²) in [6.07, 6.45) is 0.778. The summed E-state index contributed by atoms with van der Waals surface area (Å²) in [6.45, 7) is 2.10. The van der Waals surface area contributed by atoms with E-state index < -0.39 is 0 Å². The number of ether oxygens (including phenoxy) is 1. The molecular weight excluding hydrogens is 310 g/mol. The average molecular weight is 326 g/mol. The normalized spacial score (nSPS) is 12.4. The largest absolute Gasteiger partial charge is 0.496 e. The van der Waals surface area contributed by atoms with Crippen molar-refractivity contribution in [2.24, 2.45) is 5.73 Å². The third-order valence-corrected chi connectivity index (χ3v) is 4.35. The maximum atomic E-state index is 6.28. The molecule has 0 saturated heterocycles. The van der Waals surface area contributed by atoms with Crippen molar-refractivity contribution in [3.05, 3.63) is 50.1 Å². The summed E-state index contributed by atoms with van der Waals surface area (Å²) in [7, 11) is 1.69. The zero-order chi connectivity index (χ0) is 13.1. The Labute approximate surface area is 120 Å². The van der Waals surface area contributed by atoms with Gasteiger partial charge in [0.05, 0.1) is 7.11 Å². The minimum Gasteiger partial charge on any atom is -0.496 e. The molecule has 0 bridgehead atoms. The Balaban J connectivity index is 2.23. The lowest BCUT2D eigenvalue weighted by molar-refractivity contribution is 0.408. The number of benzene rings is 1. The van der Waals surface area contributed by atoms with Gasteiger partial charge < -0.3 is 10.5 Å². The van der Waals surface area contributed by atoms with Crippen molar-refractivity contribution < 1.29 is 4.74 Å². The number of thiophene rings is 1. The van der Waals surface area contributed by atoms with Gasteiger partial charge in [-0.1, -0.05) is 15.9 Å². The van der Waals surface area contributed by atoms with E-state index in [0.717, 1.165) is 22.2 Å². The van der Waals surface area contributed by atoms with Crippen LogP contribution >= 0.6 is 27.3 Å². The van der Waals surface area contributed by atoms with Crippen LogP contribution in [0.5, 0.6) is 5.75 Å². The molecule has 0 fully saturated rings. The van der Waals surface area contributed by atoms with E-state index in [9.17, 15) is 0 Å². The molecule has 1 unspecified atom stereocenters. The molecule has 2 aromatic rings. The molecule has 0 amide bonds. The third-order valence-electron chi connectivity index (χ3n) is 2.98. The molecular formula is C14H16BrNOS. The van der Waals surface area contributed by atoms with Crippen LogP contribution in [0, 0.1) is 6.92 Å². The predicted octanol–water partition coefficient (Wildman–Crippen LogP) is 4.07. The average Bonchev–Trinajstić information content (AvgIpc) is 2.76. The van der Waals surface area contributed by atoms with Crippen LogP contribution < -0.4 is 10.5 Å². The molecule has 1 atom stereocenters. The topological polar surface area (TPSA) is 35.2 Å². The van der Waals surface area contributed by atoms with Crippen molar-refractivity contribution in [1.29, 1.82) is 0 Å². The molecule has 0 aliphatic rings. The van der Waals surface area contributed by atoms with Gasteiger partial charge in [-0.25, -0.2) is 0 Å². The first-order valence-corrected chi connectivity index (χ1v) is 7.46. The van der Waals surface area contributed by atoms with Crippen molar-refractivity contribution in [3.8, 4) is 5.75 Å². The van der Waals surface area contributed by atoms with Gasteiger partial charge in [0.25, 0.3) is 0 Å². The number of halogens is 1. The van der Waals surface area contributed by atoms with Crippen LogP contribution in [0.4, 0.5) is 0 Å². The first-order valence-electron chi connectivity index (χ1n) is 5.72. The monoisotopic (exact) mass is 325 g/mol. The highest BCUT2D eigenvalue weighted by molar-refractivity contribution is 9.10. The Morgan fingerprint density at radius 1 is 1.39 bits per heavy atom. The minimum atomic E-state index is 0.0134. The van der Waals surface area contributed by atoms with E-state index in [2.05, 4.69) is 39.7 Å². The van der Waals surface area contributed by atoms with E-state index >= 15 is 0 Å². The van der Waals surface area contributed by atoms with E-state index in [1.165, 1.54) is 11.1 Å². The standard InChI is InChI=1S/C14H16BrNOS/c1-9-7-18-8-12(9)13(16)6-10-5-11(15)3-4-14(10)17-2/h3-5,7-8,13H,6,16H2,1-2H3. The molecule has 4 heteroatoms. The van der Waals surface area contributed by atoms with E-state index in [1.54, 1.807) is 18.4 Å². The second kappa shape index (κ2) is 5.87. The molecule has 2 rings (SSSR count). The fourth-order valence-corrected chi connectivity index (χ4v) is 3.33. The molecule has 2 nitrogen and oxygen atoms in total. The van der Waals surface area contributed by atoms with Gasteiger partial charge in [-0.3, -0.25) is 0 Å². The summed E-state index contributed by atoms with van der Waals surface area (Å²) in [5, 5.41) is 4.26. The van der Waals surface area contributed by atoms with Crippen LogP contribution in [-0.2, 0) is 6.42 Å². The van der Waals surface area contributed by atoms with Gasteiger partial charge in [-0.2, -0.15) is 11.3 Å². The van der Waals surface area contributed by atoms with Gasteiger partial charge in [-0.15, -0.1) is 0 Å². The van der Waals surface area contributed by atoms with Crippen molar-refractivity contribution in [3.63, 3.8) is 0 Å². The van der Waals surface area contributed by atoms with Gasteiger partial charge >= 0.3 is 0 Å². The Morgan fingerprint density at radius 2 is 2.17 bits per heavy atom. The number of hydrogen-bond donors (Lipinski definition) is 1. The van der Waals surface area contributed by atoms with Crippen LogP contribution in [-0.4, -0.2) is 7.11 Å². The van der Waals surface area contributed by atoms with Crippen LogP contribution in [0.1, 0.15) is 22.7 Å². The maximum absolute atomic E-state index is 6.28. The molecule has 0 aliphatic carbocycles. The second-order valence-electron chi connectivity index (χ2n) is 4.28. The molecule has 2 N–H and O–H groups in total. The second-order valence-corrected chi connectivity index (χ2v) is 5.94. The van der Waals surface area contributed by atoms with Crippen LogP contribution in [0.2, 0.25) is 0 Å². The van der Waals surface area contributed by atoms with Gasteiger partial charge in [0.1, 0.15) is 5.75 Å². The first kappa shape index (κ1) is 13.6. The Kier molecular flexibility index (Phi) is 4.43. The highest BCUT2D eigenvalue weighted by Crippen LogP contribution is 2.29. The lowest BCUT2D eigenvalue weighted by Gasteiger charge is -2.14. The number of methoxy groups -OCH3 is 1. The Hall–Kier alpha value is -0.840. The summed E-state index contributed by atoms with van der Waals surface area (Å²) in [6, 6.07) is 6.02. The van der Waals surface area contributed by atoms with Crippen molar-refractivity contribution in [2.75, 3.05) is 7.11 Å². The number of nitrogens with two attached hydrogens (primary N) is 1. The SMILES string of the molecule is COc1ccc(Br)cc1CC(N)c1cscc1C. The zero-order valence-corrected chi connectivity index (χ0v) is 12.8. The summed E-state index contributed by atoms with van der Waals surface area (Å²) in [5.74, 6) is 0.890. The number of rotatable bonds is 4. The number of hydrogen-bond acceptors (Lipinski definition) is 3. The molecule has 1 heterocycles. The highest BCUT2D eigenvalue weighted by atomic mass is 79.9. The molecule has 1 aromatic carbocycles. The Morgan fingerprint density at radius 3 is 2.78 bits per heavy atom. The van der Waals surface area contributed by atoms with Gasteiger partial charge in [0, 0.05) is 10.5 Å². The fraction of sp³-hybridized carbons (Fsp3) is 0.286. The van der Waals surface area contributed by atoms with Crippen LogP contribution in [0.3, 0.4) is 0 Å². The molecule has 1 aromatic heterocycles. The van der Waals surface area contributed by atoms with E-state index in [0.29, 0.717) is 0 Å². The van der Waals surface area contributed by atoms with Crippen LogP contribution in [0.15, 0.2) is 33.4 Å². The lowest BCUT2D eigenvalue weighted by Crippen LogP contribution is -2.14. The maximum Gasteiger partial charge on any atom is 0.122 e. The molecule has 96 valence electrons. The molecule has 0 radical (unpaired) electrons. The summed E-state index contributed by atoms with van der Waals surface area (Å²) in [4.78, 5) is 0. The Bertz CT molecular complexity index is 538. The zero-order valence-electron chi connectivity index (χ0n) is 10.4. The van der Waals surface area contributed by atoms with Gasteiger partial charge in [0.2, 0.25) is 0 Å². The van der Waals surface area contributed by atoms with Crippen molar-refractivity contribution in [1.82, 2.24) is 0 Å². The third kappa shape index (κ3) is 2.94. The molecule has 18 heavy (non-hydrogen) atoms. The van der Waals surface area contributed by atoms with Crippen molar-refractivity contribution in [2.45, 2.75) is 19.4 Å². The van der Waals surface area contributed by atoms with Gasteiger partial charge in [-0.05, 0) is 59.0 Å². The van der Waals surface area contributed by atoms with Gasteiger partial charge in [0.15, 0.2) is 0 Å². The van der Waals surface area contributed by atoms with Crippen molar-refractivity contribution >= 4 is 27.3 Å². The summed E-state index contributed by atoms with van der Waals surface area (Å²) in [5.41, 5.74) is 9.90. The van der Waals surface area contributed by atoms with E-state index in [4.69, 9.17) is 10.5 Å². The smallest absolute Gasteiger partial charge is 0.122 e. The van der Waals surface area contributed by atoms with E-state index in [-0.39, 0.29) is 6.04 Å². The van der Waals surface area contributed by atoms with E-state index in [1.807, 2.05) is 12.1 Å². The highest BCUT2D eigenvalue weighted by Gasteiger charge is 2.13. The fourth-order valence-electron chi connectivity index (χ4n) is 2.00. The quantitative estimate of drug-likeness (QED) is 0.919. The number of aryl methyl sites for hydroxylation is 1. The van der Waals surface area contributed by atoms with Crippen LogP contribution in [0.25, 0.3) is 0 Å². The molecule has 0 spiro atoms. The molecule has 0 saturated carbocycles.